The number of thiol groups is 1. The second kappa shape index (κ2) is 13.2. The zero-order valence-electron chi connectivity index (χ0n) is 13.5. The van der Waals surface area contributed by atoms with Gasteiger partial charge in [-0.15, -0.1) is 0 Å². The van der Waals surface area contributed by atoms with Crippen LogP contribution in [0.15, 0.2) is 0 Å². The van der Waals surface area contributed by atoms with Gasteiger partial charge in [-0.3, -0.25) is 4.79 Å². The van der Waals surface area contributed by atoms with Crippen molar-refractivity contribution >= 4 is 24.4 Å². The van der Waals surface area contributed by atoms with Crippen molar-refractivity contribution in [3.05, 3.63) is 0 Å². The first-order chi connectivity index (χ1) is 9.40. The molecule has 0 radical (unpaired) electrons. The second-order valence-corrected chi connectivity index (χ2v) is 5.19. The van der Waals surface area contributed by atoms with E-state index in [-0.39, 0.29) is 11.8 Å². The number of Topliss-reactive ketones (excluding diaryl/α,β-unsaturated/α-hetero) is 1. The minimum Gasteiger partial charge on any atom is -0.337 e. The molecule has 120 valence electrons. The molecule has 3 N–H and O–H groups in total. The van der Waals surface area contributed by atoms with Gasteiger partial charge in [0.25, 0.3) is 0 Å². The first-order valence-electron chi connectivity index (χ1n) is 7.29. The van der Waals surface area contributed by atoms with Crippen LogP contribution in [0.5, 0.6) is 0 Å². The second-order valence-electron chi connectivity index (χ2n) is 4.74. The van der Waals surface area contributed by atoms with Gasteiger partial charge in [-0.1, -0.05) is 13.8 Å². The van der Waals surface area contributed by atoms with Crippen LogP contribution in [-0.2, 0) is 4.79 Å². The number of hydrogen-bond acceptors (Lipinski definition) is 4. The Kier molecular flexibility index (Phi) is 14.3. The van der Waals surface area contributed by atoms with Crippen LogP contribution in [0.25, 0.3) is 0 Å². The quantitative estimate of drug-likeness (QED) is 0.389. The lowest BCUT2D eigenvalue weighted by molar-refractivity contribution is -0.121. The summed E-state index contributed by atoms with van der Waals surface area (Å²) in [5.74, 6) is 0.838. The van der Waals surface area contributed by atoms with E-state index in [0.717, 1.165) is 31.7 Å². The SMILES string of the molecule is CC.CC(=O)C(C)(C)NC(=O)NCCNCCCCS. The van der Waals surface area contributed by atoms with Gasteiger partial charge in [-0.05, 0) is 45.9 Å². The van der Waals surface area contributed by atoms with Crippen molar-refractivity contribution < 1.29 is 9.59 Å². The van der Waals surface area contributed by atoms with Crippen LogP contribution in [0.2, 0.25) is 0 Å². The number of unbranched alkanes of at least 4 members (excludes halogenated alkanes) is 1. The summed E-state index contributed by atoms with van der Waals surface area (Å²) in [6.07, 6.45) is 2.18. The van der Waals surface area contributed by atoms with Gasteiger partial charge in [0, 0.05) is 13.1 Å². The van der Waals surface area contributed by atoms with Crippen molar-refractivity contribution in [1.82, 2.24) is 16.0 Å². The number of carbonyl (C=O) groups excluding carboxylic acids is 2. The van der Waals surface area contributed by atoms with Crippen LogP contribution in [-0.4, -0.2) is 42.7 Å². The normalized spacial score (nSPS) is 10.3. The van der Waals surface area contributed by atoms with Crippen LogP contribution >= 0.6 is 12.6 Å². The van der Waals surface area contributed by atoms with Gasteiger partial charge >= 0.3 is 6.03 Å². The van der Waals surface area contributed by atoms with Gasteiger partial charge in [-0.2, -0.15) is 12.6 Å². The Balaban J connectivity index is 0. The summed E-state index contributed by atoms with van der Waals surface area (Å²) < 4.78 is 0. The fourth-order valence-electron chi connectivity index (χ4n) is 1.17. The molecule has 0 saturated heterocycles. The first kappa shape index (κ1) is 21.5. The maximum absolute atomic E-state index is 11.5. The van der Waals surface area contributed by atoms with E-state index in [1.165, 1.54) is 6.92 Å². The highest BCUT2D eigenvalue weighted by Gasteiger charge is 2.25. The predicted octanol–water partition coefficient (Wildman–Crippen LogP) is 1.98. The van der Waals surface area contributed by atoms with Gasteiger partial charge < -0.3 is 16.0 Å². The molecule has 0 aliphatic carbocycles. The van der Waals surface area contributed by atoms with Crippen LogP contribution in [0.3, 0.4) is 0 Å². The number of amides is 2. The van der Waals surface area contributed by atoms with Crippen LogP contribution in [0.4, 0.5) is 4.79 Å². The summed E-state index contributed by atoms with van der Waals surface area (Å²) in [5.41, 5.74) is -0.815. The molecule has 2 amide bonds. The number of carbonyl (C=O) groups is 2. The molecule has 0 aromatic rings. The van der Waals surface area contributed by atoms with Crippen LogP contribution in [0, 0.1) is 0 Å². The summed E-state index contributed by atoms with van der Waals surface area (Å²) in [7, 11) is 0. The highest BCUT2D eigenvalue weighted by Crippen LogP contribution is 2.02. The first-order valence-corrected chi connectivity index (χ1v) is 7.92. The number of hydrogen-bond donors (Lipinski definition) is 4. The molecular formula is C14H31N3O2S. The maximum atomic E-state index is 11.5. The average molecular weight is 305 g/mol. The number of nitrogens with one attached hydrogen (secondary N) is 3. The average Bonchev–Trinajstić information content (AvgIpc) is 2.39. The molecule has 0 heterocycles. The monoisotopic (exact) mass is 305 g/mol. The lowest BCUT2D eigenvalue weighted by Gasteiger charge is -2.23. The number of ketones is 1. The molecular weight excluding hydrogens is 274 g/mol. The minimum atomic E-state index is -0.815. The molecule has 0 spiro atoms. The topological polar surface area (TPSA) is 70.2 Å². The Labute approximate surface area is 129 Å². The Bertz CT molecular complexity index is 271. The van der Waals surface area contributed by atoms with E-state index in [9.17, 15) is 9.59 Å². The molecule has 0 unspecified atom stereocenters. The highest BCUT2D eigenvalue weighted by atomic mass is 32.1. The lowest BCUT2D eigenvalue weighted by atomic mass is 10.0. The van der Waals surface area contributed by atoms with E-state index in [1.807, 2.05) is 13.8 Å². The third-order valence-corrected chi connectivity index (χ3v) is 2.97. The van der Waals surface area contributed by atoms with Gasteiger partial charge in [-0.25, -0.2) is 4.79 Å². The molecule has 0 aliphatic heterocycles. The molecule has 0 saturated carbocycles. The van der Waals surface area contributed by atoms with Gasteiger partial charge in [0.15, 0.2) is 5.78 Å². The summed E-state index contributed by atoms with van der Waals surface area (Å²) in [5, 5.41) is 8.55. The van der Waals surface area contributed by atoms with E-state index in [0.29, 0.717) is 6.54 Å². The molecule has 0 aromatic heterocycles. The molecule has 0 atom stereocenters. The van der Waals surface area contributed by atoms with Crippen molar-refractivity contribution in [2.75, 3.05) is 25.4 Å². The third kappa shape index (κ3) is 12.3. The summed E-state index contributed by atoms with van der Waals surface area (Å²) in [6, 6.07) is -0.313. The largest absolute Gasteiger partial charge is 0.337 e. The molecule has 0 aliphatic rings. The standard InChI is InChI=1S/C12H25N3O2S.C2H6/c1-10(16)12(2,3)15-11(17)14-8-7-13-6-4-5-9-18;1-2/h13,18H,4-9H2,1-3H3,(H2,14,15,17);1-2H3. The molecule has 5 nitrogen and oxygen atoms in total. The third-order valence-electron chi connectivity index (χ3n) is 2.66. The van der Waals surface area contributed by atoms with E-state index < -0.39 is 5.54 Å². The van der Waals surface area contributed by atoms with Gasteiger partial charge in [0.1, 0.15) is 0 Å². The zero-order valence-corrected chi connectivity index (χ0v) is 14.4. The van der Waals surface area contributed by atoms with Gasteiger partial charge in [0.2, 0.25) is 0 Å². The summed E-state index contributed by atoms with van der Waals surface area (Å²) in [6.45, 7) is 11.0. The van der Waals surface area contributed by atoms with Crippen molar-refractivity contribution in [2.24, 2.45) is 0 Å². The van der Waals surface area contributed by atoms with E-state index in [2.05, 4.69) is 28.6 Å². The molecule has 0 bridgehead atoms. The summed E-state index contributed by atoms with van der Waals surface area (Å²) >= 11 is 4.13. The Morgan fingerprint density at radius 3 is 2.15 bits per heavy atom. The Hall–Kier alpha value is -0.750. The van der Waals surface area contributed by atoms with E-state index >= 15 is 0 Å². The van der Waals surface area contributed by atoms with Crippen molar-refractivity contribution in [3.8, 4) is 0 Å². The molecule has 0 aromatic carbocycles. The molecule has 20 heavy (non-hydrogen) atoms. The molecule has 0 rings (SSSR count). The Morgan fingerprint density at radius 1 is 1.05 bits per heavy atom. The summed E-state index contributed by atoms with van der Waals surface area (Å²) in [4.78, 5) is 22.7. The van der Waals surface area contributed by atoms with Crippen molar-refractivity contribution in [2.45, 2.75) is 53.0 Å². The van der Waals surface area contributed by atoms with Crippen LogP contribution < -0.4 is 16.0 Å². The van der Waals surface area contributed by atoms with Gasteiger partial charge in [0.05, 0.1) is 5.54 Å². The number of rotatable bonds is 9. The Morgan fingerprint density at radius 2 is 1.65 bits per heavy atom. The van der Waals surface area contributed by atoms with Crippen LogP contribution in [0.1, 0.15) is 47.5 Å². The van der Waals surface area contributed by atoms with E-state index in [1.54, 1.807) is 13.8 Å². The van der Waals surface area contributed by atoms with E-state index in [4.69, 9.17) is 0 Å². The highest BCUT2D eigenvalue weighted by molar-refractivity contribution is 7.80. The molecule has 0 fully saturated rings. The fraction of sp³-hybridized carbons (Fsp3) is 0.857. The zero-order chi connectivity index (χ0) is 16.0. The lowest BCUT2D eigenvalue weighted by Crippen LogP contribution is -2.53. The van der Waals surface area contributed by atoms with Crippen molar-refractivity contribution in [1.29, 1.82) is 0 Å². The number of urea groups is 1. The maximum Gasteiger partial charge on any atom is 0.315 e. The predicted molar refractivity (Wildman–Crippen MR) is 88.6 cm³/mol. The fourth-order valence-corrected chi connectivity index (χ4v) is 1.39. The van der Waals surface area contributed by atoms with Crippen molar-refractivity contribution in [3.63, 3.8) is 0 Å². The molecule has 6 heteroatoms. The minimum absolute atomic E-state index is 0.0671. The smallest absolute Gasteiger partial charge is 0.315 e.